The third kappa shape index (κ3) is 4.91. The Morgan fingerprint density at radius 1 is 1.30 bits per heavy atom. The number of carbonyl (C=O) groups excluding carboxylic acids is 1. The lowest BCUT2D eigenvalue weighted by molar-refractivity contribution is 0.0221. The summed E-state index contributed by atoms with van der Waals surface area (Å²) in [5, 5.41) is 8.92. The van der Waals surface area contributed by atoms with E-state index in [4.69, 9.17) is 20.6 Å². The van der Waals surface area contributed by atoms with Crippen molar-refractivity contribution in [1.82, 2.24) is 10.3 Å². The first-order chi connectivity index (χ1) is 13.0. The molecule has 0 aliphatic carbocycles. The highest BCUT2D eigenvalue weighted by atomic mass is 19.1. The number of benzene rings is 1. The van der Waals surface area contributed by atoms with Crippen LogP contribution in [0.1, 0.15) is 11.1 Å². The maximum absolute atomic E-state index is 14.7. The first kappa shape index (κ1) is 18.6. The lowest BCUT2D eigenvalue weighted by atomic mass is 10.1. The third-order valence-electron chi connectivity index (χ3n) is 4.08. The highest BCUT2D eigenvalue weighted by Gasteiger charge is 2.30. The fourth-order valence-corrected chi connectivity index (χ4v) is 2.64. The van der Waals surface area contributed by atoms with Crippen LogP contribution >= 0.6 is 0 Å². The maximum atomic E-state index is 14.7. The first-order valence-electron chi connectivity index (χ1n) is 8.33. The summed E-state index contributed by atoms with van der Waals surface area (Å²) >= 11 is 0. The van der Waals surface area contributed by atoms with Crippen molar-refractivity contribution >= 4 is 17.7 Å². The molecule has 1 aromatic carbocycles. The largest absolute Gasteiger partial charge is 0.444 e. The standard InChI is InChI=1S/C18H20FN5O3/c19-16-13(11-27-18(25)23-17(20)21)2-1-3-15(16)24-8-14(9-24)26-10-12-4-6-22-7-5-12/h1-7,14H,8-11H2,(H4,20,21,23,25). The third-order valence-corrected chi connectivity index (χ3v) is 4.08. The van der Waals surface area contributed by atoms with E-state index >= 15 is 0 Å². The highest BCUT2D eigenvalue weighted by Crippen LogP contribution is 2.28. The molecule has 4 N–H and O–H groups in total. The van der Waals surface area contributed by atoms with E-state index in [1.807, 2.05) is 22.3 Å². The number of amides is 1. The van der Waals surface area contributed by atoms with E-state index in [0.717, 1.165) is 5.56 Å². The summed E-state index contributed by atoms with van der Waals surface area (Å²) in [6.45, 7) is 1.39. The van der Waals surface area contributed by atoms with Gasteiger partial charge in [0.15, 0.2) is 11.8 Å². The van der Waals surface area contributed by atoms with Gasteiger partial charge in [0, 0.05) is 31.0 Å². The van der Waals surface area contributed by atoms with Crippen LogP contribution < -0.4 is 16.0 Å². The Balaban J connectivity index is 1.51. The quantitative estimate of drug-likeness (QED) is 0.525. The number of hydrogen-bond donors (Lipinski definition) is 3. The molecule has 0 radical (unpaired) electrons. The van der Waals surface area contributed by atoms with Crippen LogP contribution in [-0.2, 0) is 22.7 Å². The lowest BCUT2D eigenvalue weighted by Crippen LogP contribution is -2.52. The SMILES string of the molecule is N=C(N)NC(=O)OCc1cccc(N2CC(OCc3ccncc3)C2)c1F. The van der Waals surface area contributed by atoms with Crippen LogP contribution in [0, 0.1) is 11.2 Å². The zero-order valence-electron chi connectivity index (χ0n) is 14.5. The molecule has 1 saturated heterocycles. The van der Waals surface area contributed by atoms with Gasteiger partial charge >= 0.3 is 6.09 Å². The smallest absolute Gasteiger partial charge is 0.414 e. The molecule has 1 amide bonds. The summed E-state index contributed by atoms with van der Waals surface area (Å²) < 4.78 is 25.3. The molecule has 0 atom stereocenters. The average molecular weight is 373 g/mol. The predicted octanol–water partition coefficient (Wildman–Crippen LogP) is 1.75. The predicted molar refractivity (Wildman–Crippen MR) is 96.7 cm³/mol. The lowest BCUT2D eigenvalue weighted by Gasteiger charge is -2.41. The number of anilines is 1. The number of alkyl carbamates (subject to hydrolysis) is 1. The molecule has 9 heteroatoms. The molecule has 27 heavy (non-hydrogen) atoms. The molecule has 1 fully saturated rings. The van der Waals surface area contributed by atoms with E-state index in [2.05, 4.69) is 4.98 Å². The Labute approximate surface area is 155 Å². The Kier molecular flexibility index (Phi) is 5.82. The minimum atomic E-state index is -0.902. The molecule has 0 saturated carbocycles. The Morgan fingerprint density at radius 2 is 2.04 bits per heavy atom. The van der Waals surface area contributed by atoms with Crippen molar-refractivity contribution in [2.24, 2.45) is 5.73 Å². The van der Waals surface area contributed by atoms with Crippen molar-refractivity contribution in [2.45, 2.75) is 19.3 Å². The number of nitrogens with two attached hydrogens (primary N) is 1. The number of rotatable bonds is 6. The first-order valence-corrected chi connectivity index (χ1v) is 8.33. The van der Waals surface area contributed by atoms with Gasteiger partial charge in [0.2, 0.25) is 0 Å². The van der Waals surface area contributed by atoms with E-state index in [1.165, 1.54) is 6.07 Å². The summed E-state index contributed by atoms with van der Waals surface area (Å²) in [4.78, 5) is 17.2. The summed E-state index contributed by atoms with van der Waals surface area (Å²) in [7, 11) is 0. The number of pyridine rings is 1. The van der Waals surface area contributed by atoms with Crippen LogP contribution in [0.25, 0.3) is 0 Å². The van der Waals surface area contributed by atoms with Crippen LogP contribution in [0.15, 0.2) is 42.7 Å². The van der Waals surface area contributed by atoms with Crippen molar-refractivity contribution in [3.05, 3.63) is 59.7 Å². The van der Waals surface area contributed by atoms with E-state index in [1.54, 1.807) is 24.5 Å². The van der Waals surface area contributed by atoms with Crippen LogP contribution in [-0.4, -0.2) is 36.2 Å². The molecule has 2 aromatic rings. The maximum Gasteiger partial charge on any atom is 0.414 e. The van der Waals surface area contributed by atoms with Gasteiger partial charge in [-0.2, -0.15) is 0 Å². The second kappa shape index (κ2) is 8.45. The summed E-state index contributed by atoms with van der Waals surface area (Å²) in [5.74, 6) is -0.978. The van der Waals surface area contributed by atoms with E-state index in [9.17, 15) is 9.18 Å². The van der Waals surface area contributed by atoms with Crippen molar-refractivity contribution in [1.29, 1.82) is 5.41 Å². The van der Waals surface area contributed by atoms with Gasteiger partial charge in [-0.3, -0.25) is 15.7 Å². The molecule has 8 nitrogen and oxygen atoms in total. The molecule has 1 aliphatic heterocycles. The number of halogens is 1. The minimum absolute atomic E-state index is 0.0267. The van der Waals surface area contributed by atoms with Gasteiger partial charge in [0.25, 0.3) is 0 Å². The Morgan fingerprint density at radius 3 is 2.74 bits per heavy atom. The summed E-state index contributed by atoms with van der Waals surface area (Å²) in [5.41, 5.74) is 6.75. The second-order valence-electron chi connectivity index (χ2n) is 6.06. The molecule has 1 aliphatic rings. The van der Waals surface area contributed by atoms with Crippen molar-refractivity contribution in [3.63, 3.8) is 0 Å². The van der Waals surface area contributed by atoms with Crippen LogP contribution in [0.5, 0.6) is 0 Å². The molecule has 0 spiro atoms. The van der Waals surface area contributed by atoms with Gasteiger partial charge in [-0.15, -0.1) is 0 Å². The monoisotopic (exact) mass is 373 g/mol. The van der Waals surface area contributed by atoms with E-state index in [-0.39, 0.29) is 18.3 Å². The zero-order chi connectivity index (χ0) is 19.2. The molecule has 3 rings (SSSR count). The fourth-order valence-electron chi connectivity index (χ4n) is 2.64. The van der Waals surface area contributed by atoms with E-state index < -0.39 is 17.9 Å². The van der Waals surface area contributed by atoms with E-state index in [0.29, 0.717) is 25.4 Å². The second-order valence-corrected chi connectivity index (χ2v) is 6.06. The molecular formula is C18H20FN5O3. The average Bonchev–Trinajstić information content (AvgIpc) is 2.61. The van der Waals surface area contributed by atoms with Crippen molar-refractivity contribution in [3.8, 4) is 0 Å². The zero-order valence-corrected chi connectivity index (χ0v) is 14.5. The number of nitrogens with one attached hydrogen (secondary N) is 2. The van der Waals surface area contributed by atoms with Crippen LogP contribution in [0.2, 0.25) is 0 Å². The molecule has 0 unspecified atom stereocenters. The van der Waals surface area contributed by atoms with Crippen molar-refractivity contribution in [2.75, 3.05) is 18.0 Å². The van der Waals surface area contributed by atoms with Gasteiger partial charge < -0.3 is 20.1 Å². The van der Waals surface area contributed by atoms with Crippen LogP contribution in [0.4, 0.5) is 14.9 Å². The number of hydrogen-bond acceptors (Lipinski definition) is 6. The number of guanidine groups is 1. The Hall–Kier alpha value is -3.20. The summed E-state index contributed by atoms with van der Waals surface area (Å²) in [6, 6.07) is 8.69. The topological polar surface area (TPSA) is 114 Å². The van der Waals surface area contributed by atoms with Crippen molar-refractivity contribution < 1.29 is 18.7 Å². The van der Waals surface area contributed by atoms with Gasteiger partial charge in [-0.25, -0.2) is 9.18 Å². The minimum Gasteiger partial charge on any atom is -0.444 e. The number of ether oxygens (including phenoxy) is 2. The van der Waals surface area contributed by atoms with Gasteiger partial charge in [0.05, 0.1) is 18.4 Å². The molecule has 2 heterocycles. The number of aromatic nitrogens is 1. The number of nitrogens with zero attached hydrogens (tertiary/aromatic N) is 2. The molecule has 142 valence electrons. The summed E-state index contributed by atoms with van der Waals surface area (Å²) in [6.07, 6.45) is 2.55. The van der Waals surface area contributed by atoms with Gasteiger partial charge in [0.1, 0.15) is 6.61 Å². The van der Waals surface area contributed by atoms with Gasteiger partial charge in [-0.1, -0.05) is 12.1 Å². The normalized spacial score (nSPS) is 13.7. The van der Waals surface area contributed by atoms with Gasteiger partial charge in [-0.05, 0) is 23.8 Å². The fraction of sp³-hybridized carbons (Fsp3) is 0.278. The molecular weight excluding hydrogens is 353 g/mol. The Bertz CT molecular complexity index is 812. The molecule has 0 bridgehead atoms. The van der Waals surface area contributed by atoms with Crippen LogP contribution in [0.3, 0.4) is 0 Å². The number of carbonyl (C=O) groups is 1. The molecule has 1 aromatic heterocycles. The highest BCUT2D eigenvalue weighted by molar-refractivity contribution is 5.90.